The second-order valence-electron chi connectivity index (χ2n) is 8.11. The molecule has 184 valence electrons. The summed E-state index contributed by atoms with van der Waals surface area (Å²) in [6.45, 7) is 0. The lowest BCUT2D eigenvalue weighted by Crippen LogP contribution is -2.09. The van der Waals surface area contributed by atoms with E-state index in [4.69, 9.17) is 9.47 Å². The van der Waals surface area contributed by atoms with E-state index in [1.807, 2.05) is 0 Å². The summed E-state index contributed by atoms with van der Waals surface area (Å²) in [5.41, 5.74) is 0.310. The maximum atomic E-state index is 13.8. The number of ether oxygens (including phenoxy) is 2. The number of hydrogen-bond acceptors (Lipinski definition) is 5. The molecule has 0 N–H and O–H groups in total. The van der Waals surface area contributed by atoms with Crippen LogP contribution in [-0.4, -0.2) is 22.9 Å². The molecule has 0 fully saturated rings. The number of fused-ring (bicyclic) bond motifs is 1. The van der Waals surface area contributed by atoms with Crippen LogP contribution in [0.5, 0.6) is 17.4 Å². The molecular formula is C29H19F3N2O3. The molecule has 0 bridgehead atoms. The molecule has 3 aromatic carbocycles. The van der Waals surface area contributed by atoms with E-state index in [1.165, 1.54) is 31.6 Å². The minimum Gasteiger partial charge on any atom is -0.481 e. The second-order valence-corrected chi connectivity index (χ2v) is 8.11. The Bertz CT molecular complexity index is 1580. The van der Waals surface area contributed by atoms with Gasteiger partial charge >= 0.3 is 6.18 Å². The van der Waals surface area contributed by atoms with Crippen molar-refractivity contribution < 1.29 is 27.4 Å². The highest BCUT2D eigenvalue weighted by Crippen LogP contribution is 2.40. The van der Waals surface area contributed by atoms with E-state index >= 15 is 0 Å². The number of ketones is 1. The molecule has 8 heteroatoms. The van der Waals surface area contributed by atoms with Crippen LogP contribution in [0.25, 0.3) is 22.0 Å². The van der Waals surface area contributed by atoms with E-state index in [1.54, 1.807) is 66.7 Å². The van der Waals surface area contributed by atoms with Crippen molar-refractivity contribution in [3.63, 3.8) is 0 Å². The SMILES string of the molecule is COc1ccc(Oc2cccc(-c3c(C(=O)c4ccccc4)cnc4c(C(F)(F)F)cccc34)c2)cn1. The van der Waals surface area contributed by atoms with Gasteiger partial charge in [-0.15, -0.1) is 0 Å². The molecule has 0 unspecified atom stereocenters. The summed E-state index contributed by atoms with van der Waals surface area (Å²) in [4.78, 5) is 21.7. The first-order chi connectivity index (χ1) is 17.8. The smallest absolute Gasteiger partial charge is 0.418 e. The summed E-state index contributed by atoms with van der Waals surface area (Å²) in [7, 11) is 1.50. The van der Waals surface area contributed by atoms with E-state index in [9.17, 15) is 18.0 Å². The number of pyridine rings is 2. The van der Waals surface area contributed by atoms with Gasteiger partial charge in [0.05, 0.1) is 24.4 Å². The monoisotopic (exact) mass is 500 g/mol. The first-order valence-corrected chi connectivity index (χ1v) is 11.2. The second kappa shape index (κ2) is 9.73. The zero-order valence-electron chi connectivity index (χ0n) is 19.5. The lowest BCUT2D eigenvalue weighted by molar-refractivity contribution is -0.136. The van der Waals surface area contributed by atoms with Crippen LogP contribution in [0.15, 0.2) is 97.3 Å². The fourth-order valence-corrected chi connectivity index (χ4v) is 4.08. The Hall–Kier alpha value is -4.72. The number of halogens is 3. The van der Waals surface area contributed by atoms with E-state index in [-0.39, 0.29) is 22.2 Å². The standard InChI is InChI=1S/C29H19F3N2O3/c1-36-25-14-13-21(16-33-25)37-20-10-5-9-19(15-20)26-22-11-6-12-24(29(30,31)32)27(22)34-17-23(26)28(35)18-7-3-2-4-8-18/h2-17H,1H3. The largest absolute Gasteiger partial charge is 0.481 e. The van der Waals surface area contributed by atoms with E-state index < -0.39 is 11.7 Å². The number of carbonyl (C=O) groups is 1. The number of alkyl halides is 3. The normalized spacial score (nSPS) is 11.4. The zero-order valence-corrected chi connectivity index (χ0v) is 19.5. The summed E-state index contributed by atoms with van der Waals surface area (Å²) >= 11 is 0. The van der Waals surface area contributed by atoms with Crippen LogP contribution in [0.1, 0.15) is 21.5 Å². The van der Waals surface area contributed by atoms with E-state index in [2.05, 4.69) is 9.97 Å². The van der Waals surface area contributed by atoms with Gasteiger partial charge in [-0.1, -0.05) is 54.6 Å². The average Bonchev–Trinajstić information content (AvgIpc) is 2.92. The van der Waals surface area contributed by atoms with Crippen molar-refractivity contribution in [2.24, 2.45) is 0 Å². The maximum Gasteiger partial charge on any atom is 0.418 e. The molecule has 5 nitrogen and oxygen atoms in total. The van der Waals surface area contributed by atoms with Gasteiger partial charge in [0, 0.05) is 34.3 Å². The van der Waals surface area contributed by atoms with Crippen molar-refractivity contribution in [3.8, 4) is 28.5 Å². The molecule has 0 atom stereocenters. The first kappa shape index (κ1) is 24.0. The molecule has 0 spiro atoms. The predicted molar refractivity (Wildman–Crippen MR) is 133 cm³/mol. The summed E-state index contributed by atoms with van der Waals surface area (Å²) in [5, 5.41) is 0.208. The van der Waals surface area contributed by atoms with Crippen molar-refractivity contribution in [2.45, 2.75) is 6.18 Å². The third kappa shape index (κ3) is 4.86. The zero-order chi connectivity index (χ0) is 26.0. The van der Waals surface area contributed by atoms with Crippen LogP contribution in [0.4, 0.5) is 13.2 Å². The minimum absolute atomic E-state index is 0.182. The number of methoxy groups -OCH3 is 1. The van der Waals surface area contributed by atoms with Gasteiger partial charge in [-0.05, 0) is 29.8 Å². The molecule has 0 saturated carbocycles. The molecule has 5 aromatic rings. The molecule has 2 heterocycles. The first-order valence-electron chi connectivity index (χ1n) is 11.2. The number of carbonyl (C=O) groups excluding carboxylic acids is 1. The van der Waals surface area contributed by atoms with Crippen LogP contribution in [0.2, 0.25) is 0 Å². The lowest BCUT2D eigenvalue weighted by Gasteiger charge is -2.16. The van der Waals surface area contributed by atoms with Crippen molar-refractivity contribution in [1.29, 1.82) is 0 Å². The van der Waals surface area contributed by atoms with Crippen LogP contribution in [0, 0.1) is 0 Å². The van der Waals surface area contributed by atoms with Crippen LogP contribution >= 0.6 is 0 Å². The third-order valence-corrected chi connectivity index (χ3v) is 5.76. The highest BCUT2D eigenvalue weighted by Gasteiger charge is 2.34. The number of rotatable bonds is 6. The summed E-state index contributed by atoms with van der Waals surface area (Å²) < 4.78 is 52.4. The predicted octanol–water partition coefficient (Wildman–Crippen LogP) is 7.35. The molecule has 0 aliphatic heterocycles. The Balaban J connectivity index is 1.68. The Labute approximate surface area is 210 Å². The molecular weight excluding hydrogens is 481 g/mol. The van der Waals surface area contributed by atoms with E-state index in [0.717, 1.165) is 6.07 Å². The van der Waals surface area contributed by atoms with Gasteiger partial charge in [0.2, 0.25) is 5.88 Å². The van der Waals surface area contributed by atoms with Crippen molar-refractivity contribution in [3.05, 3.63) is 114 Å². The lowest BCUT2D eigenvalue weighted by atomic mass is 9.91. The Kier molecular flexibility index (Phi) is 6.31. The van der Waals surface area contributed by atoms with Crippen LogP contribution in [-0.2, 0) is 6.18 Å². The molecule has 37 heavy (non-hydrogen) atoms. The van der Waals surface area contributed by atoms with Crippen LogP contribution < -0.4 is 9.47 Å². The molecule has 0 aliphatic rings. The van der Waals surface area contributed by atoms with Gasteiger partial charge in [0.15, 0.2) is 5.78 Å². The van der Waals surface area contributed by atoms with Crippen LogP contribution in [0.3, 0.4) is 0 Å². The summed E-state index contributed by atoms with van der Waals surface area (Å²) in [6.07, 6.45) is -1.91. The Morgan fingerprint density at radius 3 is 2.30 bits per heavy atom. The molecule has 0 amide bonds. The third-order valence-electron chi connectivity index (χ3n) is 5.76. The average molecular weight is 500 g/mol. The van der Waals surface area contributed by atoms with Gasteiger partial charge in [0.25, 0.3) is 0 Å². The summed E-state index contributed by atoms with van der Waals surface area (Å²) in [6, 6.07) is 22.5. The van der Waals surface area contributed by atoms with Gasteiger partial charge in [-0.3, -0.25) is 9.78 Å². The Morgan fingerprint density at radius 2 is 1.59 bits per heavy atom. The minimum atomic E-state index is -4.61. The fraction of sp³-hybridized carbons (Fsp3) is 0.0690. The number of benzene rings is 3. The van der Waals surface area contributed by atoms with E-state index in [0.29, 0.717) is 34.1 Å². The molecule has 0 radical (unpaired) electrons. The maximum absolute atomic E-state index is 13.8. The number of aromatic nitrogens is 2. The Morgan fingerprint density at radius 1 is 0.811 bits per heavy atom. The van der Waals surface area contributed by atoms with Crippen molar-refractivity contribution in [2.75, 3.05) is 7.11 Å². The topological polar surface area (TPSA) is 61.3 Å². The van der Waals surface area contributed by atoms with Crippen molar-refractivity contribution >= 4 is 16.7 Å². The molecule has 5 rings (SSSR count). The number of nitrogens with zero attached hydrogens (tertiary/aromatic N) is 2. The molecule has 2 aromatic heterocycles. The molecule has 0 saturated heterocycles. The highest BCUT2D eigenvalue weighted by molar-refractivity contribution is 6.16. The summed E-state index contributed by atoms with van der Waals surface area (Å²) in [5.74, 6) is 0.930. The quantitative estimate of drug-likeness (QED) is 0.228. The fourth-order valence-electron chi connectivity index (χ4n) is 4.08. The molecule has 0 aliphatic carbocycles. The highest BCUT2D eigenvalue weighted by atomic mass is 19.4. The van der Waals surface area contributed by atoms with Gasteiger partial charge < -0.3 is 9.47 Å². The number of hydrogen-bond donors (Lipinski definition) is 0. The number of para-hydroxylation sites is 1. The van der Waals surface area contributed by atoms with Gasteiger partial charge in [-0.2, -0.15) is 13.2 Å². The van der Waals surface area contributed by atoms with Crippen molar-refractivity contribution in [1.82, 2.24) is 9.97 Å². The van der Waals surface area contributed by atoms with Gasteiger partial charge in [-0.25, -0.2) is 4.98 Å². The van der Waals surface area contributed by atoms with Gasteiger partial charge in [0.1, 0.15) is 11.5 Å².